The quantitative estimate of drug-likeness (QED) is 0.284. The van der Waals surface area contributed by atoms with Gasteiger partial charge in [0.1, 0.15) is 27.5 Å². The SMILES string of the molecule is CC(C)C1=C(C(=O)N2[C@H](C)CC[C@@H]2C(=O)N2CCNC3(CC3)C2)SC2=N[C@@](C)(c3ccc(Cl)nc3)[C@@H](c3ccc(C(F)(F)F)c(F)c3)N21. The summed E-state index contributed by atoms with van der Waals surface area (Å²) >= 11 is 7.28. The molecule has 1 saturated carbocycles. The highest BCUT2D eigenvalue weighted by atomic mass is 35.5. The van der Waals surface area contributed by atoms with Gasteiger partial charge in [-0.15, -0.1) is 0 Å². The number of amides is 2. The molecule has 1 spiro atoms. The van der Waals surface area contributed by atoms with Crippen molar-refractivity contribution in [2.24, 2.45) is 10.9 Å². The highest BCUT2D eigenvalue weighted by Gasteiger charge is 2.55. The number of piperazine rings is 1. The summed E-state index contributed by atoms with van der Waals surface area (Å²) in [6, 6.07) is 4.71. The molecule has 4 atom stereocenters. The Morgan fingerprint density at radius 1 is 1.15 bits per heavy atom. The first kappa shape index (κ1) is 33.3. The van der Waals surface area contributed by atoms with E-state index in [0.717, 1.165) is 31.5 Å². The van der Waals surface area contributed by atoms with Crippen LogP contribution in [0.25, 0.3) is 0 Å². The van der Waals surface area contributed by atoms with E-state index in [1.54, 1.807) is 23.2 Å². The molecule has 2 saturated heterocycles. The molecule has 0 unspecified atom stereocenters. The van der Waals surface area contributed by atoms with Gasteiger partial charge in [0.2, 0.25) is 5.91 Å². The van der Waals surface area contributed by atoms with Gasteiger partial charge in [-0.2, -0.15) is 13.2 Å². The molecule has 1 N–H and O–H groups in total. The lowest BCUT2D eigenvalue weighted by Gasteiger charge is -2.38. The number of amidine groups is 1. The second-order valence-electron chi connectivity index (χ2n) is 14.0. The predicted octanol–water partition coefficient (Wildman–Crippen LogP) is 6.48. The van der Waals surface area contributed by atoms with Crippen molar-refractivity contribution >= 4 is 40.3 Å². The Hall–Kier alpha value is -3.16. The first-order chi connectivity index (χ1) is 22.6. The average Bonchev–Trinajstić information content (AvgIpc) is 3.34. The smallest absolute Gasteiger partial charge is 0.338 e. The predicted molar refractivity (Wildman–Crippen MR) is 175 cm³/mol. The number of alkyl halides is 3. The number of rotatable bonds is 5. The molecule has 0 radical (unpaired) electrons. The minimum atomic E-state index is -4.86. The van der Waals surface area contributed by atoms with E-state index >= 15 is 4.39 Å². The van der Waals surface area contributed by atoms with Crippen LogP contribution in [-0.2, 0) is 21.3 Å². The van der Waals surface area contributed by atoms with Crippen molar-refractivity contribution in [3.63, 3.8) is 0 Å². The van der Waals surface area contributed by atoms with Gasteiger partial charge >= 0.3 is 6.18 Å². The second-order valence-corrected chi connectivity index (χ2v) is 15.4. The zero-order chi connectivity index (χ0) is 34.3. The maximum Gasteiger partial charge on any atom is 0.419 e. The van der Waals surface area contributed by atoms with Crippen molar-refractivity contribution in [2.45, 2.75) is 88.8 Å². The van der Waals surface area contributed by atoms with E-state index in [9.17, 15) is 22.8 Å². The molecule has 256 valence electrons. The molecule has 1 aromatic heterocycles. The van der Waals surface area contributed by atoms with Gasteiger partial charge in [-0.25, -0.2) is 14.4 Å². The lowest BCUT2D eigenvalue weighted by Crippen LogP contribution is -2.58. The van der Waals surface area contributed by atoms with Crippen LogP contribution in [0, 0.1) is 11.7 Å². The zero-order valence-electron chi connectivity index (χ0n) is 27.1. The number of hydrogen-bond acceptors (Lipinski definition) is 7. The van der Waals surface area contributed by atoms with Crippen LogP contribution in [0.2, 0.25) is 5.15 Å². The van der Waals surface area contributed by atoms with E-state index in [2.05, 4.69) is 10.3 Å². The topological polar surface area (TPSA) is 81.1 Å². The third-order valence-electron chi connectivity index (χ3n) is 10.4. The number of allylic oxidation sites excluding steroid dienone is 1. The van der Waals surface area contributed by atoms with Gasteiger partial charge in [-0.1, -0.05) is 37.6 Å². The van der Waals surface area contributed by atoms with Crippen LogP contribution >= 0.6 is 23.4 Å². The number of pyridine rings is 1. The van der Waals surface area contributed by atoms with E-state index in [1.807, 2.05) is 37.5 Å². The van der Waals surface area contributed by atoms with E-state index in [0.29, 0.717) is 47.3 Å². The van der Waals surface area contributed by atoms with E-state index in [1.165, 1.54) is 17.8 Å². The Morgan fingerprint density at radius 3 is 2.52 bits per heavy atom. The molecule has 1 aromatic carbocycles. The van der Waals surface area contributed by atoms with Crippen LogP contribution < -0.4 is 5.32 Å². The summed E-state index contributed by atoms with van der Waals surface area (Å²) in [6.07, 6.45) is 0.0240. The lowest BCUT2D eigenvalue weighted by molar-refractivity contribution is -0.144. The molecule has 8 nitrogen and oxygen atoms in total. The summed E-state index contributed by atoms with van der Waals surface area (Å²) in [4.78, 5) is 43.8. The fourth-order valence-corrected chi connectivity index (χ4v) is 9.23. The summed E-state index contributed by atoms with van der Waals surface area (Å²) < 4.78 is 55.9. The van der Waals surface area contributed by atoms with Gasteiger partial charge in [-0.3, -0.25) is 9.59 Å². The Labute approximate surface area is 286 Å². The molecule has 2 aromatic rings. The van der Waals surface area contributed by atoms with Crippen molar-refractivity contribution in [2.75, 3.05) is 19.6 Å². The number of hydrogen-bond donors (Lipinski definition) is 1. The van der Waals surface area contributed by atoms with E-state index < -0.39 is 35.2 Å². The summed E-state index contributed by atoms with van der Waals surface area (Å²) in [6.45, 7) is 9.60. The third kappa shape index (κ3) is 5.49. The number of carbonyl (C=O) groups excluding carboxylic acids is 2. The van der Waals surface area contributed by atoms with Crippen LogP contribution in [-0.4, -0.2) is 73.9 Å². The van der Waals surface area contributed by atoms with Crippen LogP contribution in [0.4, 0.5) is 17.6 Å². The molecule has 2 amide bonds. The highest BCUT2D eigenvalue weighted by Crippen LogP contribution is 2.57. The molecule has 0 bridgehead atoms. The van der Waals surface area contributed by atoms with Gasteiger partial charge in [-0.05, 0) is 81.0 Å². The van der Waals surface area contributed by atoms with Crippen molar-refractivity contribution in [1.82, 2.24) is 25.0 Å². The normalized spacial score (nSPS) is 28.1. The van der Waals surface area contributed by atoms with Crippen LogP contribution in [0.5, 0.6) is 0 Å². The Balaban J connectivity index is 1.28. The fraction of sp³-hybridized carbons (Fsp3) is 0.529. The van der Waals surface area contributed by atoms with Gasteiger partial charge in [0.25, 0.3) is 5.91 Å². The van der Waals surface area contributed by atoms with Crippen LogP contribution in [0.1, 0.15) is 76.1 Å². The molecule has 4 aliphatic heterocycles. The third-order valence-corrected chi connectivity index (χ3v) is 11.7. The monoisotopic (exact) mass is 704 g/mol. The van der Waals surface area contributed by atoms with Crippen molar-refractivity contribution in [1.29, 1.82) is 0 Å². The molecular weight excluding hydrogens is 668 g/mol. The number of halogens is 5. The number of carbonyl (C=O) groups is 2. The molecule has 1 aliphatic carbocycles. The number of benzene rings is 1. The number of nitrogens with zero attached hydrogens (tertiary/aromatic N) is 5. The zero-order valence-corrected chi connectivity index (χ0v) is 28.6. The molecule has 14 heteroatoms. The Bertz CT molecular complexity index is 1730. The highest BCUT2D eigenvalue weighted by molar-refractivity contribution is 8.18. The number of aromatic nitrogens is 1. The number of nitrogens with one attached hydrogen (secondary N) is 1. The Kier molecular flexibility index (Phi) is 8.14. The van der Waals surface area contributed by atoms with Crippen molar-refractivity contribution in [3.05, 3.63) is 74.8 Å². The maximum absolute atomic E-state index is 15.2. The maximum atomic E-state index is 15.2. The van der Waals surface area contributed by atoms with Gasteiger partial charge in [0, 0.05) is 48.7 Å². The summed E-state index contributed by atoms with van der Waals surface area (Å²) in [7, 11) is 0. The standard InChI is InChI=1S/C34H37ClF4N6O2S/c1-18(2)26-27(30(47)44-19(3)5-9-24(44)29(46)43-14-13-41-33(17-43)11-12-33)48-31-42-32(4,21-7-10-25(35)40-16-21)28(45(26)31)20-6-8-22(23(36)15-20)34(37,38)39/h6-8,10,15-16,18-19,24,28,41H,5,9,11-14,17H2,1-4H3/t19-,24-,28-,32+/m1/s1. The lowest BCUT2D eigenvalue weighted by atomic mass is 9.81. The number of aliphatic imine (C=N–C) groups is 1. The first-order valence-electron chi connectivity index (χ1n) is 16.3. The summed E-state index contributed by atoms with van der Waals surface area (Å²) in [5.41, 5.74) is -0.963. The average molecular weight is 705 g/mol. The number of likely N-dealkylation sites (tertiary alicyclic amines) is 1. The molecule has 7 rings (SSSR count). The molecule has 5 aliphatic rings. The summed E-state index contributed by atoms with van der Waals surface area (Å²) in [5, 5.41) is 4.26. The first-order valence-corrected chi connectivity index (χ1v) is 17.5. The van der Waals surface area contributed by atoms with Gasteiger partial charge < -0.3 is 20.0 Å². The number of thioether (sulfide) groups is 1. The molecule has 5 heterocycles. The second kappa shape index (κ2) is 11.7. The van der Waals surface area contributed by atoms with Crippen molar-refractivity contribution in [3.8, 4) is 0 Å². The minimum absolute atomic E-state index is 0.00350. The molecular formula is C34H37ClF4N6O2S. The largest absolute Gasteiger partial charge is 0.419 e. The molecule has 3 fully saturated rings. The van der Waals surface area contributed by atoms with Gasteiger partial charge in [0.15, 0.2) is 5.17 Å². The van der Waals surface area contributed by atoms with Crippen LogP contribution in [0.15, 0.2) is 52.1 Å². The van der Waals surface area contributed by atoms with Crippen LogP contribution in [0.3, 0.4) is 0 Å². The van der Waals surface area contributed by atoms with Crippen molar-refractivity contribution < 1.29 is 27.2 Å². The van der Waals surface area contributed by atoms with E-state index in [-0.39, 0.29) is 40.0 Å². The summed E-state index contributed by atoms with van der Waals surface area (Å²) in [5.74, 6) is -1.93. The minimum Gasteiger partial charge on any atom is -0.338 e. The van der Waals surface area contributed by atoms with Gasteiger partial charge in [0.05, 0.1) is 11.6 Å². The fourth-order valence-electron chi connectivity index (χ4n) is 7.77. The van der Waals surface area contributed by atoms with E-state index in [4.69, 9.17) is 16.6 Å². The molecule has 48 heavy (non-hydrogen) atoms. The number of fused-ring (bicyclic) bond motifs is 1. The Morgan fingerprint density at radius 2 is 1.90 bits per heavy atom.